The molecule has 0 aliphatic carbocycles. The average molecular weight is 270 g/mol. The molecule has 2 aromatic heterocycles. The van der Waals surface area contributed by atoms with Gasteiger partial charge in [-0.1, -0.05) is 5.16 Å². The van der Waals surface area contributed by atoms with Gasteiger partial charge in [0.25, 0.3) is 5.89 Å². The summed E-state index contributed by atoms with van der Waals surface area (Å²) in [4.78, 5) is 8.02. The third-order valence-electron chi connectivity index (χ3n) is 1.76. The smallest absolute Gasteiger partial charge is 0.255 e. The van der Waals surface area contributed by atoms with Crippen molar-refractivity contribution >= 4 is 15.9 Å². The molecule has 0 saturated carbocycles. The molecule has 78 valence electrons. The molecule has 0 amide bonds. The van der Waals surface area contributed by atoms with Gasteiger partial charge in [-0.05, 0) is 28.9 Å². The van der Waals surface area contributed by atoms with E-state index in [0.29, 0.717) is 5.82 Å². The number of pyridine rings is 1. The molecule has 2 rings (SSSR count). The zero-order chi connectivity index (χ0) is 10.8. The molecular formula is C9H8BrN3O2. The highest BCUT2D eigenvalue weighted by molar-refractivity contribution is 9.10. The van der Waals surface area contributed by atoms with Crippen LogP contribution in [0.1, 0.15) is 18.9 Å². The first-order valence-electron chi connectivity index (χ1n) is 4.29. The molecule has 15 heavy (non-hydrogen) atoms. The second-order valence-electron chi connectivity index (χ2n) is 3.02. The van der Waals surface area contributed by atoms with Crippen molar-refractivity contribution in [2.75, 3.05) is 0 Å². The minimum atomic E-state index is -0.758. The lowest BCUT2D eigenvalue weighted by molar-refractivity contribution is 0.152. The minimum absolute atomic E-state index is 0.199. The van der Waals surface area contributed by atoms with E-state index in [1.54, 1.807) is 19.3 Å². The van der Waals surface area contributed by atoms with Crippen molar-refractivity contribution in [3.63, 3.8) is 0 Å². The van der Waals surface area contributed by atoms with Crippen LogP contribution in [0.15, 0.2) is 27.5 Å². The van der Waals surface area contributed by atoms with Crippen LogP contribution in [0.3, 0.4) is 0 Å². The van der Waals surface area contributed by atoms with E-state index in [1.807, 2.05) is 6.07 Å². The highest BCUT2D eigenvalue weighted by Crippen LogP contribution is 2.20. The summed E-state index contributed by atoms with van der Waals surface area (Å²) in [6.45, 7) is 1.57. The Bertz CT molecular complexity index is 470. The summed E-state index contributed by atoms with van der Waals surface area (Å²) in [7, 11) is 0. The maximum atomic E-state index is 9.22. The highest BCUT2D eigenvalue weighted by Gasteiger charge is 2.12. The third-order valence-corrected chi connectivity index (χ3v) is 2.20. The van der Waals surface area contributed by atoms with Crippen LogP contribution < -0.4 is 0 Å². The van der Waals surface area contributed by atoms with Crippen LogP contribution in [0.25, 0.3) is 11.4 Å². The van der Waals surface area contributed by atoms with Gasteiger partial charge in [0.15, 0.2) is 0 Å². The highest BCUT2D eigenvalue weighted by atomic mass is 79.9. The van der Waals surface area contributed by atoms with Gasteiger partial charge in [-0.3, -0.25) is 4.98 Å². The van der Waals surface area contributed by atoms with Gasteiger partial charge in [0.1, 0.15) is 6.10 Å². The topological polar surface area (TPSA) is 72.0 Å². The van der Waals surface area contributed by atoms with Gasteiger partial charge >= 0.3 is 0 Å². The molecular weight excluding hydrogens is 262 g/mol. The Morgan fingerprint density at radius 2 is 2.27 bits per heavy atom. The SMILES string of the molecule is CC(O)c1nc(-c2cncc(Br)c2)no1. The predicted molar refractivity (Wildman–Crippen MR) is 55.9 cm³/mol. The molecule has 5 nitrogen and oxygen atoms in total. The Kier molecular flexibility index (Phi) is 2.79. The normalized spacial score (nSPS) is 12.7. The monoisotopic (exact) mass is 269 g/mol. The fraction of sp³-hybridized carbons (Fsp3) is 0.222. The Balaban J connectivity index is 2.37. The Hall–Kier alpha value is -1.27. The van der Waals surface area contributed by atoms with Gasteiger partial charge in [-0.2, -0.15) is 4.98 Å². The molecule has 0 spiro atoms. The molecule has 1 unspecified atom stereocenters. The van der Waals surface area contributed by atoms with Crippen LogP contribution in [0.4, 0.5) is 0 Å². The lowest BCUT2D eigenvalue weighted by atomic mass is 10.3. The predicted octanol–water partition coefficient (Wildman–Crippen LogP) is 1.95. The Morgan fingerprint density at radius 1 is 1.47 bits per heavy atom. The molecule has 0 fully saturated rings. The first kappa shape index (κ1) is 10.3. The zero-order valence-electron chi connectivity index (χ0n) is 7.88. The Morgan fingerprint density at radius 3 is 2.87 bits per heavy atom. The molecule has 0 radical (unpaired) electrons. The molecule has 1 N–H and O–H groups in total. The number of aliphatic hydroxyl groups is 1. The van der Waals surface area contributed by atoms with Gasteiger partial charge in [0, 0.05) is 22.4 Å². The number of halogens is 1. The van der Waals surface area contributed by atoms with E-state index in [0.717, 1.165) is 10.0 Å². The van der Waals surface area contributed by atoms with E-state index >= 15 is 0 Å². The Labute approximate surface area is 94.3 Å². The fourth-order valence-corrected chi connectivity index (χ4v) is 1.42. The van der Waals surface area contributed by atoms with E-state index in [1.165, 1.54) is 0 Å². The van der Waals surface area contributed by atoms with E-state index in [4.69, 9.17) is 4.52 Å². The van der Waals surface area contributed by atoms with Crippen LogP contribution in [0.5, 0.6) is 0 Å². The summed E-state index contributed by atoms with van der Waals surface area (Å²) in [5.74, 6) is 0.615. The number of aliphatic hydroxyl groups excluding tert-OH is 1. The second kappa shape index (κ2) is 4.08. The lowest BCUT2D eigenvalue weighted by Gasteiger charge is -1.94. The van der Waals surface area contributed by atoms with E-state index < -0.39 is 6.10 Å². The van der Waals surface area contributed by atoms with E-state index in [-0.39, 0.29) is 5.89 Å². The summed E-state index contributed by atoms with van der Waals surface area (Å²) in [6.07, 6.45) is 2.53. The van der Waals surface area contributed by atoms with Crippen LogP contribution in [-0.2, 0) is 0 Å². The van der Waals surface area contributed by atoms with Crippen molar-refractivity contribution in [1.82, 2.24) is 15.1 Å². The van der Waals surface area contributed by atoms with Gasteiger partial charge in [0.05, 0.1) is 0 Å². The van der Waals surface area contributed by atoms with Crippen LogP contribution in [0, 0.1) is 0 Å². The van der Waals surface area contributed by atoms with E-state index in [9.17, 15) is 5.11 Å². The number of rotatable bonds is 2. The number of hydrogen-bond donors (Lipinski definition) is 1. The van der Waals surface area contributed by atoms with E-state index in [2.05, 4.69) is 31.1 Å². The molecule has 0 bridgehead atoms. The summed E-state index contributed by atoms with van der Waals surface area (Å²) in [5.41, 5.74) is 0.736. The summed E-state index contributed by atoms with van der Waals surface area (Å²) < 4.78 is 5.70. The van der Waals surface area contributed by atoms with Crippen molar-refractivity contribution in [2.24, 2.45) is 0 Å². The molecule has 0 aliphatic rings. The summed E-state index contributed by atoms with van der Waals surface area (Å²) in [6, 6.07) is 1.82. The van der Waals surface area contributed by atoms with Crippen molar-refractivity contribution in [3.8, 4) is 11.4 Å². The number of hydrogen-bond acceptors (Lipinski definition) is 5. The zero-order valence-corrected chi connectivity index (χ0v) is 9.47. The van der Waals surface area contributed by atoms with Crippen molar-refractivity contribution in [1.29, 1.82) is 0 Å². The third kappa shape index (κ3) is 2.21. The molecule has 6 heteroatoms. The minimum Gasteiger partial charge on any atom is -0.384 e. The van der Waals surface area contributed by atoms with Crippen molar-refractivity contribution < 1.29 is 9.63 Å². The van der Waals surface area contributed by atoms with Crippen LogP contribution in [0.2, 0.25) is 0 Å². The molecule has 2 heterocycles. The molecule has 1 atom stereocenters. The van der Waals surface area contributed by atoms with Crippen molar-refractivity contribution in [3.05, 3.63) is 28.8 Å². The fourth-order valence-electron chi connectivity index (χ4n) is 1.06. The van der Waals surface area contributed by atoms with Gasteiger partial charge in [-0.25, -0.2) is 0 Å². The maximum Gasteiger partial charge on any atom is 0.255 e. The summed E-state index contributed by atoms with van der Waals surface area (Å²) in [5, 5.41) is 13.0. The van der Waals surface area contributed by atoms with Crippen LogP contribution >= 0.6 is 15.9 Å². The molecule has 0 saturated heterocycles. The second-order valence-corrected chi connectivity index (χ2v) is 3.94. The molecule has 0 aliphatic heterocycles. The number of aromatic nitrogens is 3. The number of nitrogens with zero attached hydrogens (tertiary/aromatic N) is 3. The lowest BCUT2D eigenvalue weighted by Crippen LogP contribution is -1.90. The quantitative estimate of drug-likeness (QED) is 0.902. The maximum absolute atomic E-state index is 9.22. The standard InChI is InChI=1S/C9H8BrN3O2/c1-5(14)9-12-8(13-15-9)6-2-7(10)4-11-3-6/h2-5,14H,1H3. The first-order valence-corrected chi connectivity index (χ1v) is 5.08. The average Bonchev–Trinajstić information content (AvgIpc) is 2.66. The van der Waals surface area contributed by atoms with Gasteiger partial charge in [0.2, 0.25) is 5.82 Å². The van der Waals surface area contributed by atoms with Crippen LogP contribution in [-0.4, -0.2) is 20.2 Å². The molecule has 0 aromatic carbocycles. The molecule has 2 aromatic rings. The first-order chi connectivity index (χ1) is 7.16. The van der Waals surface area contributed by atoms with Gasteiger partial charge in [-0.15, -0.1) is 0 Å². The van der Waals surface area contributed by atoms with Gasteiger partial charge < -0.3 is 9.63 Å². The largest absolute Gasteiger partial charge is 0.384 e. The summed E-state index contributed by atoms with van der Waals surface area (Å²) >= 11 is 3.30. The van der Waals surface area contributed by atoms with Crippen molar-refractivity contribution in [2.45, 2.75) is 13.0 Å².